The highest BCUT2D eigenvalue weighted by atomic mass is 32.2. The first-order valence-electron chi connectivity index (χ1n) is 5.96. The molecule has 0 fully saturated rings. The van der Waals surface area contributed by atoms with Crippen LogP contribution in [0.15, 0.2) is 9.64 Å². The first-order chi connectivity index (χ1) is 9.84. The van der Waals surface area contributed by atoms with E-state index < -0.39 is 21.7 Å². The molecule has 0 spiro atoms. The number of ether oxygens (including phenoxy) is 1. The standard InChI is InChI=1S/C10H15N3O6S2/c1-2-18-9(15)8-12-13-10(19-8)20-4-6-21(16,17)5-3-7(11)14/h2-6H2,1H3,(H2,11,14). The van der Waals surface area contributed by atoms with Crippen LogP contribution in [0.2, 0.25) is 0 Å². The molecule has 1 rings (SSSR count). The number of nitrogens with two attached hydrogens (primary N) is 1. The molecule has 1 aromatic heterocycles. The summed E-state index contributed by atoms with van der Waals surface area (Å²) in [5.41, 5.74) is 4.89. The second-order valence-corrected chi connectivity index (χ2v) is 7.16. The molecule has 0 saturated carbocycles. The number of rotatable bonds is 9. The Morgan fingerprint density at radius 3 is 2.67 bits per heavy atom. The SMILES string of the molecule is CCOC(=O)c1nnc(SCCS(=O)(=O)CCC(N)=O)o1. The van der Waals surface area contributed by atoms with Crippen molar-refractivity contribution in [2.24, 2.45) is 5.73 Å². The van der Waals surface area contributed by atoms with Crippen LogP contribution in [0.5, 0.6) is 0 Å². The first-order valence-corrected chi connectivity index (χ1v) is 8.77. The van der Waals surface area contributed by atoms with Gasteiger partial charge in [-0.3, -0.25) is 4.79 Å². The first kappa shape index (κ1) is 17.4. The molecule has 0 aromatic carbocycles. The van der Waals surface area contributed by atoms with Crippen LogP contribution in [-0.2, 0) is 19.4 Å². The summed E-state index contributed by atoms with van der Waals surface area (Å²) in [6.07, 6.45) is -0.208. The van der Waals surface area contributed by atoms with Crippen LogP contribution in [0, 0.1) is 0 Å². The van der Waals surface area contributed by atoms with E-state index in [1.807, 2.05) is 0 Å². The van der Waals surface area contributed by atoms with Gasteiger partial charge in [0.15, 0.2) is 9.84 Å². The maximum absolute atomic E-state index is 11.6. The maximum Gasteiger partial charge on any atom is 0.396 e. The number of aromatic nitrogens is 2. The molecule has 0 saturated heterocycles. The highest BCUT2D eigenvalue weighted by Crippen LogP contribution is 2.17. The van der Waals surface area contributed by atoms with Gasteiger partial charge in [0.25, 0.3) is 5.22 Å². The Morgan fingerprint density at radius 2 is 2.05 bits per heavy atom. The average molecular weight is 337 g/mol. The van der Waals surface area contributed by atoms with Gasteiger partial charge in [0.1, 0.15) is 0 Å². The molecule has 1 amide bonds. The largest absolute Gasteiger partial charge is 0.459 e. The molecule has 11 heteroatoms. The van der Waals surface area contributed by atoms with Crippen molar-refractivity contribution < 1.29 is 27.2 Å². The fourth-order valence-electron chi connectivity index (χ4n) is 1.16. The van der Waals surface area contributed by atoms with Gasteiger partial charge in [-0.15, -0.1) is 5.10 Å². The molecule has 1 heterocycles. The van der Waals surface area contributed by atoms with Crippen molar-refractivity contribution in [2.45, 2.75) is 18.6 Å². The van der Waals surface area contributed by atoms with Gasteiger partial charge in [0.05, 0.1) is 18.1 Å². The Labute approximate surface area is 125 Å². The van der Waals surface area contributed by atoms with Crippen LogP contribution in [0.25, 0.3) is 0 Å². The molecule has 0 atom stereocenters. The van der Waals surface area contributed by atoms with Crippen molar-refractivity contribution in [2.75, 3.05) is 23.9 Å². The Hall–Kier alpha value is -1.62. The van der Waals surface area contributed by atoms with Crippen molar-refractivity contribution in [1.82, 2.24) is 10.2 Å². The van der Waals surface area contributed by atoms with Crippen molar-refractivity contribution in [3.8, 4) is 0 Å². The number of hydrogen-bond donors (Lipinski definition) is 1. The number of carbonyl (C=O) groups is 2. The third-order valence-electron chi connectivity index (χ3n) is 2.14. The number of amides is 1. The number of nitrogens with zero attached hydrogens (tertiary/aromatic N) is 2. The molecule has 9 nitrogen and oxygen atoms in total. The zero-order valence-corrected chi connectivity index (χ0v) is 12.9. The van der Waals surface area contributed by atoms with Crippen LogP contribution < -0.4 is 5.73 Å². The fourth-order valence-corrected chi connectivity index (χ4v) is 3.63. The van der Waals surface area contributed by atoms with Gasteiger partial charge < -0.3 is 14.9 Å². The normalized spacial score (nSPS) is 11.3. The Bertz CT molecular complexity index is 598. The minimum atomic E-state index is -3.37. The van der Waals surface area contributed by atoms with Crippen LogP contribution in [0.3, 0.4) is 0 Å². The maximum atomic E-state index is 11.6. The molecule has 118 valence electrons. The van der Waals surface area contributed by atoms with Crippen molar-refractivity contribution in [3.63, 3.8) is 0 Å². The van der Waals surface area contributed by atoms with E-state index >= 15 is 0 Å². The van der Waals surface area contributed by atoms with E-state index in [1.54, 1.807) is 6.92 Å². The molecule has 0 aliphatic carbocycles. The average Bonchev–Trinajstić information content (AvgIpc) is 2.85. The molecular formula is C10H15N3O6S2. The number of thioether (sulfide) groups is 1. The van der Waals surface area contributed by atoms with E-state index in [1.165, 1.54) is 0 Å². The van der Waals surface area contributed by atoms with Gasteiger partial charge in [0, 0.05) is 12.2 Å². The smallest absolute Gasteiger partial charge is 0.396 e. The third kappa shape index (κ3) is 6.58. The molecule has 21 heavy (non-hydrogen) atoms. The summed E-state index contributed by atoms with van der Waals surface area (Å²) < 4.78 is 32.8. The van der Waals surface area contributed by atoms with Crippen LogP contribution in [0.1, 0.15) is 24.0 Å². The molecule has 0 aliphatic rings. The van der Waals surface area contributed by atoms with E-state index in [0.717, 1.165) is 11.8 Å². The topological polar surface area (TPSA) is 142 Å². The lowest BCUT2D eigenvalue weighted by Gasteiger charge is -2.00. The van der Waals surface area contributed by atoms with E-state index in [-0.39, 0.29) is 41.4 Å². The van der Waals surface area contributed by atoms with E-state index in [4.69, 9.17) is 10.2 Å². The predicted octanol–water partition coefficient (Wildman–Crippen LogP) is -0.371. The zero-order chi connectivity index (χ0) is 15.9. The number of primary amides is 1. The summed E-state index contributed by atoms with van der Waals surface area (Å²) in [5.74, 6) is -1.97. The highest BCUT2D eigenvalue weighted by Gasteiger charge is 2.17. The molecule has 1 aromatic rings. The number of sulfone groups is 1. The van der Waals surface area contributed by atoms with Gasteiger partial charge in [0.2, 0.25) is 5.91 Å². The fraction of sp³-hybridized carbons (Fsp3) is 0.600. The third-order valence-corrected chi connectivity index (χ3v) is 4.87. The minimum Gasteiger partial charge on any atom is -0.459 e. The minimum absolute atomic E-state index is 0.0724. The summed E-state index contributed by atoms with van der Waals surface area (Å²) in [6, 6.07) is 0. The van der Waals surface area contributed by atoms with E-state index in [2.05, 4.69) is 14.9 Å². The molecular weight excluding hydrogens is 322 g/mol. The van der Waals surface area contributed by atoms with E-state index in [9.17, 15) is 18.0 Å². The molecule has 0 radical (unpaired) electrons. The lowest BCUT2D eigenvalue weighted by Crippen LogP contribution is -2.19. The van der Waals surface area contributed by atoms with Crippen LogP contribution in [-0.4, -0.2) is 54.4 Å². The highest BCUT2D eigenvalue weighted by molar-refractivity contribution is 8.00. The summed E-state index contributed by atoms with van der Waals surface area (Å²) >= 11 is 0.994. The number of carbonyl (C=O) groups excluding carboxylic acids is 2. The van der Waals surface area contributed by atoms with Gasteiger partial charge in [-0.2, -0.15) is 0 Å². The summed E-state index contributed by atoms with van der Waals surface area (Å²) in [6.45, 7) is 1.82. The van der Waals surface area contributed by atoms with Crippen LogP contribution >= 0.6 is 11.8 Å². The number of hydrogen-bond acceptors (Lipinski definition) is 9. The zero-order valence-electron chi connectivity index (χ0n) is 11.3. The molecule has 0 unspecified atom stereocenters. The second-order valence-electron chi connectivity index (χ2n) is 3.81. The lowest BCUT2D eigenvalue weighted by molar-refractivity contribution is -0.117. The number of esters is 1. The quantitative estimate of drug-likeness (QED) is 0.471. The van der Waals surface area contributed by atoms with Crippen molar-refractivity contribution >= 4 is 33.5 Å². The molecule has 2 N–H and O–H groups in total. The monoisotopic (exact) mass is 337 g/mol. The van der Waals surface area contributed by atoms with Crippen molar-refractivity contribution in [3.05, 3.63) is 5.89 Å². The Kier molecular flexibility index (Phi) is 6.62. The van der Waals surface area contributed by atoms with Crippen LogP contribution in [0.4, 0.5) is 0 Å². The molecule has 0 bridgehead atoms. The van der Waals surface area contributed by atoms with Crippen molar-refractivity contribution in [1.29, 1.82) is 0 Å². The summed E-state index contributed by atoms with van der Waals surface area (Å²) in [7, 11) is -3.37. The predicted molar refractivity (Wildman–Crippen MR) is 73.4 cm³/mol. The van der Waals surface area contributed by atoms with Gasteiger partial charge in [-0.25, -0.2) is 13.2 Å². The van der Waals surface area contributed by atoms with Gasteiger partial charge in [-0.05, 0) is 6.92 Å². The van der Waals surface area contributed by atoms with Gasteiger partial charge >= 0.3 is 11.9 Å². The Balaban J connectivity index is 2.42. The summed E-state index contributed by atoms with van der Waals surface area (Å²) in [4.78, 5) is 21.8. The van der Waals surface area contributed by atoms with E-state index in [0.29, 0.717) is 0 Å². The Morgan fingerprint density at radius 1 is 1.33 bits per heavy atom. The second kappa shape index (κ2) is 7.98. The molecule has 0 aliphatic heterocycles. The van der Waals surface area contributed by atoms with Gasteiger partial charge in [-0.1, -0.05) is 16.9 Å². The summed E-state index contributed by atoms with van der Waals surface area (Å²) in [5, 5.41) is 7.15. The lowest BCUT2D eigenvalue weighted by atomic mass is 10.5.